The Bertz CT molecular complexity index is 1640. The van der Waals surface area contributed by atoms with E-state index in [2.05, 4.69) is 60.4 Å². The number of piperazine rings is 1. The number of hydrogen-bond acceptors (Lipinski definition) is 10. The maximum Gasteiger partial charge on any atom is 0.161 e. The molecule has 45 heavy (non-hydrogen) atoms. The number of anilines is 4. The minimum absolute atomic E-state index is 0.209. The summed E-state index contributed by atoms with van der Waals surface area (Å²) < 4.78 is 26.5. The first-order chi connectivity index (χ1) is 22.1. The molecule has 3 saturated heterocycles. The van der Waals surface area contributed by atoms with Crippen LogP contribution >= 0.6 is 0 Å². The van der Waals surface area contributed by atoms with Gasteiger partial charge >= 0.3 is 0 Å². The predicted molar refractivity (Wildman–Crippen MR) is 171 cm³/mol. The lowest BCUT2D eigenvalue weighted by atomic mass is 10.0. The van der Waals surface area contributed by atoms with E-state index >= 15 is 4.39 Å². The van der Waals surface area contributed by atoms with Crippen LogP contribution in [0, 0.1) is 11.3 Å². The average molecular weight is 607 g/mol. The minimum atomic E-state index is -1.21. The summed E-state index contributed by atoms with van der Waals surface area (Å²) in [6.45, 7) is 6.70. The number of nitriles is 1. The number of benzene rings is 2. The van der Waals surface area contributed by atoms with E-state index in [-0.39, 0.29) is 6.54 Å². The second kappa shape index (κ2) is 13.1. The fourth-order valence-electron chi connectivity index (χ4n) is 6.06. The molecule has 0 radical (unpaired) electrons. The zero-order chi connectivity index (χ0) is 30.6. The standard InChI is InChI=1S/C34H35FN8O2/c35-30-21-43(28-2-1-11-37-20-28)13-10-32(30)45-31-8-3-24(18-25(31)19-36)34-38-12-9-33(40-34)39-26-4-6-27(7-5-26)41-14-16-42(17-15-41)29-22-44-23-29/h1-9,11-12,18,20,29-30,32H,10,13-17,21-23H2,(H,38,39,40)/t30-,32+/m1/s1. The van der Waals surface area contributed by atoms with Gasteiger partial charge in [0.25, 0.3) is 0 Å². The lowest BCUT2D eigenvalue weighted by Gasteiger charge is -2.43. The van der Waals surface area contributed by atoms with E-state index in [1.807, 2.05) is 23.1 Å². The van der Waals surface area contributed by atoms with Gasteiger partial charge in [-0.2, -0.15) is 5.26 Å². The van der Waals surface area contributed by atoms with Crippen molar-refractivity contribution in [1.82, 2.24) is 19.9 Å². The van der Waals surface area contributed by atoms with Crippen LogP contribution in [0.15, 0.2) is 79.3 Å². The molecule has 4 aromatic rings. The van der Waals surface area contributed by atoms with Crippen LogP contribution < -0.4 is 19.9 Å². The summed E-state index contributed by atoms with van der Waals surface area (Å²) >= 11 is 0. The van der Waals surface area contributed by atoms with Crippen molar-refractivity contribution in [2.24, 2.45) is 0 Å². The van der Waals surface area contributed by atoms with Crippen molar-refractivity contribution in [3.63, 3.8) is 0 Å². The highest BCUT2D eigenvalue weighted by Crippen LogP contribution is 2.30. The summed E-state index contributed by atoms with van der Waals surface area (Å²) in [5, 5.41) is 13.3. The van der Waals surface area contributed by atoms with Crippen LogP contribution in [-0.2, 0) is 4.74 Å². The van der Waals surface area contributed by atoms with Gasteiger partial charge in [0.1, 0.15) is 23.7 Å². The smallest absolute Gasteiger partial charge is 0.161 e. The van der Waals surface area contributed by atoms with Gasteiger partial charge in [0.05, 0.1) is 43.2 Å². The number of rotatable bonds is 8. The van der Waals surface area contributed by atoms with Gasteiger partial charge in [-0.1, -0.05) is 0 Å². The molecule has 5 heterocycles. The number of aromatic nitrogens is 3. The molecule has 0 amide bonds. The third kappa shape index (κ3) is 6.53. The first-order valence-corrected chi connectivity index (χ1v) is 15.4. The van der Waals surface area contributed by atoms with Crippen molar-refractivity contribution in [1.29, 1.82) is 5.26 Å². The first kappa shape index (κ1) is 29.0. The van der Waals surface area contributed by atoms with Crippen molar-refractivity contribution < 1.29 is 13.9 Å². The van der Waals surface area contributed by atoms with Crippen molar-refractivity contribution in [3.05, 3.63) is 84.8 Å². The van der Waals surface area contributed by atoms with Gasteiger partial charge in [-0.05, 0) is 60.7 Å². The molecule has 1 N–H and O–H groups in total. The predicted octanol–water partition coefficient (Wildman–Crippen LogP) is 4.67. The van der Waals surface area contributed by atoms with Crippen LogP contribution in [0.5, 0.6) is 5.75 Å². The molecular formula is C34H35FN8O2. The van der Waals surface area contributed by atoms with Gasteiger partial charge in [-0.15, -0.1) is 0 Å². The molecule has 11 heteroatoms. The van der Waals surface area contributed by atoms with Gasteiger partial charge < -0.3 is 24.6 Å². The van der Waals surface area contributed by atoms with Crippen molar-refractivity contribution in [2.75, 3.05) is 67.6 Å². The Kier molecular flexibility index (Phi) is 8.40. The number of piperidine rings is 1. The molecule has 7 rings (SSSR count). The lowest BCUT2D eigenvalue weighted by Crippen LogP contribution is -2.56. The van der Waals surface area contributed by atoms with Crippen molar-refractivity contribution in [2.45, 2.75) is 24.7 Å². The molecule has 0 aliphatic carbocycles. The molecule has 10 nitrogen and oxygen atoms in total. The highest BCUT2D eigenvalue weighted by atomic mass is 19.1. The molecule has 3 fully saturated rings. The largest absolute Gasteiger partial charge is 0.486 e. The molecule has 3 aliphatic heterocycles. The zero-order valence-electron chi connectivity index (χ0n) is 24.9. The van der Waals surface area contributed by atoms with Crippen LogP contribution in [0.3, 0.4) is 0 Å². The summed E-state index contributed by atoms with van der Waals surface area (Å²) in [7, 11) is 0. The average Bonchev–Trinajstić information content (AvgIpc) is 3.06. The van der Waals surface area contributed by atoms with E-state index in [0.29, 0.717) is 47.5 Å². The van der Waals surface area contributed by atoms with Gasteiger partial charge in [0.15, 0.2) is 12.0 Å². The highest BCUT2D eigenvalue weighted by Gasteiger charge is 2.32. The maximum absolute atomic E-state index is 15.1. The van der Waals surface area contributed by atoms with E-state index < -0.39 is 12.3 Å². The first-order valence-electron chi connectivity index (χ1n) is 15.4. The SMILES string of the molecule is N#Cc1cc(-c2nccc(Nc3ccc(N4CCN(C5COC5)CC4)cc3)n2)ccc1O[C@H]1CCN(c2cccnc2)C[C@H]1F. The number of nitrogens with one attached hydrogen (secondary N) is 1. The molecular weight excluding hydrogens is 571 g/mol. The van der Waals surface area contributed by atoms with E-state index in [1.54, 1.807) is 36.8 Å². The van der Waals surface area contributed by atoms with E-state index in [4.69, 9.17) is 9.47 Å². The maximum atomic E-state index is 15.1. The Labute approximate surface area is 262 Å². The number of hydrogen-bond donors (Lipinski definition) is 1. The summed E-state index contributed by atoms with van der Waals surface area (Å²) in [6, 6.07) is 21.9. The van der Waals surface area contributed by atoms with Gasteiger partial charge in [0, 0.05) is 68.5 Å². The van der Waals surface area contributed by atoms with Crippen molar-refractivity contribution >= 4 is 22.9 Å². The fraction of sp³-hybridized carbons (Fsp3) is 0.353. The molecule has 0 saturated carbocycles. The second-order valence-electron chi connectivity index (χ2n) is 11.6. The zero-order valence-corrected chi connectivity index (χ0v) is 24.9. The minimum Gasteiger partial charge on any atom is -0.486 e. The monoisotopic (exact) mass is 606 g/mol. The van der Waals surface area contributed by atoms with Gasteiger partial charge in [-0.3, -0.25) is 9.88 Å². The molecule has 2 atom stereocenters. The molecule has 0 unspecified atom stereocenters. The third-order valence-electron chi connectivity index (χ3n) is 8.74. The number of halogens is 1. The Balaban J connectivity index is 0.975. The summed E-state index contributed by atoms with van der Waals surface area (Å²) in [4.78, 5) is 20.2. The van der Waals surface area contributed by atoms with E-state index in [9.17, 15) is 5.26 Å². The molecule has 0 bridgehead atoms. The van der Waals surface area contributed by atoms with Crippen LogP contribution in [-0.4, -0.2) is 90.7 Å². The van der Waals surface area contributed by atoms with Gasteiger partial charge in [0.2, 0.25) is 0 Å². The van der Waals surface area contributed by atoms with Gasteiger partial charge in [-0.25, -0.2) is 14.4 Å². The third-order valence-corrected chi connectivity index (χ3v) is 8.74. The summed E-state index contributed by atoms with van der Waals surface area (Å²) in [5.41, 5.74) is 4.00. The normalized spacial score (nSPS) is 20.7. The quantitative estimate of drug-likeness (QED) is 0.304. The topological polar surface area (TPSA) is 103 Å². The molecule has 2 aromatic heterocycles. The Morgan fingerprint density at radius 3 is 2.49 bits per heavy atom. The number of ether oxygens (including phenoxy) is 2. The van der Waals surface area contributed by atoms with Crippen LogP contribution in [0.1, 0.15) is 12.0 Å². The Morgan fingerprint density at radius 1 is 0.933 bits per heavy atom. The molecule has 0 spiro atoms. The second-order valence-corrected chi connectivity index (χ2v) is 11.6. The number of nitrogens with zero attached hydrogens (tertiary/aromatic N) is 7. The fourth-order valence-corrected chi connectivity index (χ4v) is 6.06. The molecule has 230 valence electrons. The summed E-state index contributed by atoms with van der Waals surface area (Å²) in [5.74, 6) is 1.47. The van der Waals surface area contributed by atoms with Crippen LogP contribution in [0.4, 0.5) is 27.3 Å². The van der Waals surface area contributed by atoms with E-state index in [0.717, 1.165) is 50.8 Å². The molecule has 2 aromatic carbocycles. The molecule has 3 aliphatic rings. The number of pyridine rings is 1. The summed E-state index contributed by atoms with van der Waals surface area (Å²) in [6.07, 6.45) is 3.77. The van der Waals surface area contributed by atoms with E-state index in [1.165, 1.54) is 5.69 Å². The highest BCUT2D eigenvalue weighted by molar-refractivity contribution is 5.65. The lowest BCUT2D eigenvalue weighted by molar-refractivity contribution is -0.0660. The Morgan fingerprint density at radius 2 is 1.78 bits per heavy atom. The number of alkyl halides is 1. The van der Waals surface area contributed by atoms with Crippen molar-refractivity contribution in [3.8, 4) is 23.2 Å². The van der Waals surface area contributed by atoms with Crippen LogP contribution in [0.2, 0.25) is 0 Å². The van der Waals surface area contributed by atoms with Crippen LogP contribution in [0.25, 0.3) is 11.4 Å². The Hall–Kier alpha value is -4.79.